The molecule has 2 aromatic rings. The van der Waals surface area contributed by atoms with Crippen molar-refractivity contribution >= 4 is 12.1 Å². The summed E-state index contributed by atoms with van der Waals surface area (Å²) < 4.78 is 13.3. The van der Waals surface area contributed by atoms with Crippen LogP contribution < -0.4 is 21.8 Å². The molecule has 112 valence electrons. The van der Waals surface area contributed by atoms with Crippen molar-refractivity contribution < 1.29 is 9.18 Å². The highest BCUT2D eigenvalue weighted by Gasteiger charge is 2.23. The van der Waals surface area contributed by atoms with Crippen molar-refractivity contribution in [1.29, 1.82) is 0 Å². The normalized spacial score (nSPS) is 14.1. The topological polar surface area (TPSA) is 70.7 Å². The number of benzene rings is 2. The number of primary amides is 1. The standard InChI is InChI=1S/C16H15FN4O/c17-13-6-3-4-11(8-13)9-15(16(18)22)21-10-12-5-1-2-7-14(12)19-20-21/h1-8,10,15,20H,9H2,(H2,18,22). The lowest BCUT2D eigenvalue weighted by Gasteiger charge is -2.28. The molecule has 0 bridgehead atoms. The van der Waals surface area contributed by atoms with Gasteiger partial charge in [0, 0.05) is 17.8 Å². The van der Waals surface area contributed by atoms with Gasteiger partial charge >= 0.3 is 0 Å². The van der Waals surface area contributed by atoms with Crippen LogP contribution >= 0.6 is 0 Å². The van der Waals surface area contributed by atoms with Crippen molar-refractivity contribution in [1.82, 2.24) is 10.5 Å². The summed E-state index contributed by atoms with van der Waals surface area (Å²) in [5.41, 5.74) is 8.99. The zero-order valence-corrected chi connectivity index (χ0v) is 11.7. The Kier molecular flexibility index (Phi) is 3.74. The Morgan fingerprint density at radius 2 is 2.09 bits per heavy atom. The molecule has 0 saturated heterocycles. The van der Waals surface area contributed by atoms with E-state index in [4.69, 9.17) is 5.73 Å². The second-order valence-electron chi connectivity index (χ2n) is 5.06. The lowest BCUT2D eigenvalue weighted by atomic mass is 10.0. The van der Waals surface area contributed by atoms with Gasteiger partial charge in [-0.1, -0.05) is 30.3 Å². The van der Waals surface area contributed by atoms with Gasteiger partial charge in [0.05, 0.1) is 5.36 Å². The van der Waals surface area contributed by atoms with Crippen LogP contribution in [0.1, 0.15) is 5.56 Å². The van der Waals surface area contributed by atoms with Crippen LogP contribution in [0.2, 0.25) is 0 Å². The van der Waals surface area contributed by atoms with E-state index < -0.39 is 11.9 Å². The summed E-state index contributed by atoms with van der Waals surface area (Å²) in [6.07, 6.45) is 2.06. The second kappa shape index (κ2) is 5.85. The number of fused-ring (bicyclic) bond motifs is 1. The van der Waals surface area contributed by atoms with Crippen LogP contribution in [0, 0.1) is 5.82 Å². The Bertz CT molecular complexity index is 821. The molecule has 6 heteroatoms. The fourth-order valence-electron chi connectivity index (χ4n) is 2.37. The maximum absolute atomic E-state index is 13.3. The third kappa shape index (κ3) is 2.90. The molecule has 0 aromatic heterocycles. The Morgan fingerprint density at radius 1 is 1.27 bits per heavy atom. The first-order valence-electron chi connectivity index (χ1n) is 6.86. The molecule has 0 fully saturated rings. The van der Waals surface area contributed by atoms with E-state index in [1.165, 1.54) is 12.1 Å². The summed E-state index contributed by atoms with van der Waals surface area (Å²) in [5.74, 6) is -0.853. The largest absolute Gasteiger partial charge is 0.368 e. The molecule has 1 heterocycles. The fourth-order valence-corrected chi connectivity index (χ4v) is 2.37. The number of halogens is 1. The first kappa shape index (κ1) is 14.1. The number of hydrazine groups is 1. The van der Waals surface area contributed by atoms with Crippen molar-refractivity contribution in [3.8, 4) is 0 Å². The summed E-state index contributed by atoms with van der Waals surface area (Å²) in [7, 11) is 0. The van der Waals surface area contributed by atoms with Crippen LogP contribution in [0.25, 0.3) is 6.20 Å². The smallest absolute Gasteiger partial charge is 0.242 e. The molecule has 2 aromatic carbocycles. The number of nitrogens with two attached hydrogens (primary N) is 1. The number of nitrogens with zero attached hydrogens (tertiary/aromatic N) is 2. The van der Waals surface area contributed by atoms with Gasteiger partial charge in [-0.2, -0.15) is 5.10 Å². The molecule has 1 aliphatic rings. The van der Waals surface area contributed by atoms with Crippen LogP contribution in [-0.4, -0.2) is 17.0 Å². The van der Waals surface area contributed by atoms with E-state index in [1.807, 2.05) is 24.3 Å². The minimum Gasteiger partial charge on any atom is -0.368 e. The molecule has 0 saturated carbocycles. The summed E-state index contributed by atoms with van der Waals surface area (Å²) in [5, 5.41) is 7.42. The van der Waals surface area contributed by atoms with Crippen LogP contribution in [0.3, 0.4) is 0 Å². The maximum atomic E-state index is 13.3. The molecule has 3 rings (SSSR count). The van der Waals surface area contributed by atoms with Gasteiger partial charge in [0.2, 0.25) is 5.91 Å². The van der Waals surface area contributed by atoms with Gasteiger partial charge in [-0.15, -0.1) is 0 Å². The van der Waals surface area contributed by atoms with Gasteiger partial charge < -0.3 is 5.73 Å². The molecule has 5 nitrogen and oxygen atoms in total. The average molecular weight is 298 g/mol. The zero-order valence-electron chi connectivity index (χ0n) is 11.7. The fraction of sp³-hybridized carbons (Fsp3) is 0.125. The monoisotopic (exact) mass is 298 g/mol. The minimum atomic E-state index is -0.668. The van der Waals surface area contributed by atoms with Gasteiger partial charge in [-0.05, 0) is 23.8 Å². The summed E-state index contributed by atoms with van der Waals surface area (Å²) >= 11 is 0. The van der Waals surface area contributed by atoms with E-state index in [0.29, 0.717) is 5.56 Å². The first-order valence-corrected chi connectivity index (χ1v) is 6.86. The number of rotatable bonds is 4. The highest BCUT2D eigenvalue weighted by atomic mass is 19.1. The maximum Gasteiger partial charge on any atom is 0.242 e. The van der Waals surface area contributed by atoms with E-state index in [-0.39, 0.29) is 12.2 Å². The quantitative estimate of drug-likeness (QED) is 0.836. The van der Waals surface area contributed by atoms with Crippen molar-refractivity contribution in [2.24, 2.45) is 10.8 Å². The Morgan fingerprint density at radius 3 is 2.86 bits per heavy atom. The molecule has 0 radical (unpaired) electrons. The van der Waals surface area contributed by atoms with E-state index >= 15 is 0 Å². The lowest BCUT2D eigenvalue weighted by Crippen LogP contribution is -2.52. The molecule has 1 amide bonds. The molecular formula is C16H15FN4O. The lowest BCUT2D eigenvalue weighted by molar-refractivity contribution is -0.122. The van der Waals surface area contributed by atoms with Gasteiger partial charge in [-0.25, -0.2) is 9.93 Å². The highest BCUT2D eigenvalue weighted by molar-refractivity contribution is 5.80. The number of amides is 1. The molecule has 3 N–H and O–H groups in total. The number of hydrogen-bond donors (Lipinski definition) is 2. The number of para-hydroxylation sites is 1. The first-order chi connectivity index (χ1) is 10.6. The predicted octanol–water partition coefficient (Wildman–Crippen LogP) is 0.0151. The number of carbonyl (C=O) groups excluding carboxylic acids is 1. The molecule has 0 aliphatic carbocycles. The summed E-state index contributed by atoms with van der Waals surface area (Å²) in [6, 6.07) is 13.0. The number of carbonyl (C=O) groups is 1. The van der Waals surface area contributed by atoms with Crippen molar-refractivity contribution in [2.75, 3.05) is 0 Å². The van der Waals surface area contributed by atoms with E-state index in [9.17, 15) is 9.18 Å². The summed E-state index contributed by atoms with van der Waals surface area (Å²) in [4.78, 5) is 11.8. The predicted molar refractivity (Wildman–Crippen MR) is 79.7 cm³/mol. The van der Waals surface area contributed by atoms with Crippen molar-refractivity contribution in [2.45, 2.75) is 12.5 Å². The molecule has 22 heavy (non-hydrogen) atoms. The van der Waals surface area contributed by atoms with Gasteiger partial charge in [0.1, 0.15) is 11.9 Å². The third-order valence-corrected chi connectivity index (χ3v) is 3.48. The Hall–Kier alpha value is -2.89. The van der Waals surface area contributed by atoms with Gasteiger partial charge in [0.25, 0.3) is 0 Å². The van der Waals surface area contributed by atoms with Crippen LogP contribution in [0.4, 0.5) is 4.39 Å². The van der Waals surface area contributed by atoms with Crippen LogP contribution in [0.5, 0.6) is 0 Å². The zero-order chi connectivity index (χ0) is 15.5. The SMILES string of the molecule is NC(=O)C(Cc1cccc(F)c1)N1C=c2ccccc2=NN1. The van der Waals surface area contributed by atoms with Crippen molar-refractivity contribution in [3.05, 3.63) is 70.5 Å². The van der Waals surface area contributed by atoms with Gasteiger partial charge in [0.15, 0.2) is 0 Å². The van der Waals surface area contributed by atoms with Gasteiger partial charge in [-0.3, -0.25) is 9.80 Å². The van der Waals surface area contributed by atoms with E-state index in [1.54, 1.807) is 23.3 Å². The molecule has 1 unspecified atom stereocenters. The van der Waals surface area contributed by atoms with E-state index in [2.05, 4.69) is 10.6 Å². The molecule has 0 spiro atoms. The summed E-state index contributed by atoms with van der Waals surface area (Å²) in [6.45, 7) is 0. The van der Waals surface area contributed by atoms with Crippen LogP contribution in [0.15, 0.2) is 53.6 Å². The average Bonchev–Trinajstić information content (AvgIpc) is 2.52. The Balaban J connectivity index is 1.90. The molecular weight excluding hydrogens is 283 g/mol. The number of nitrogens with one attached hydrogen (secondary N) is 1. The molecule has 1 atom stereocenters. The second-order valence-corrected chi connectivity index (χ2v) is 5.06. The van der Waals surface area contributed by atoms with Crippen molar-refractivity contribution in [3.63, 3.8) is 0 Å². The Labute approximate surface area is 126 Å². The highest BCUT2D eigenvalue weighted by Crippen LogP contribution is 2.10. The van der Waals surface area contributed by atoms with Crippen LogP contribution in [-0.2, 0) is 11.2 Å². The third-order valence-electron chi connectivity index (χ3n) is 3.48. The molecule has 1 aliphatic heterocycles. The minimum absolute atomic E-state index is 0.286. The van der Waals surface area contributed by atoms with E-state index in [0.717, 1.165) is 10.6 Å². The number of hydrogen-bond acceptors (Lipinski definition) is 4.